The van der Waals surface area contributed by atoms with Gasteiger partial charge >= 0.3 is 6.18 Å². The molecule has 0 radical (unpaired) electrons. The van der Waals surface area contributed by atoms with Crippen LogP contribution in [0.5, 0.6) is 0 Å². The molecule has 1 atom stereocenters. The third-order valence-electron chi connectivity index (χ3n) is 3.68. The van der Waals surface area contributed by atoms with Gasteiger partial charge in [0.05, 0.1) is 5.56 Å². The second-order valence-corrected chi connectivity index (χ2v) is 5.45. The lowest BCUT2D eigenvalue weighted by atomic mass is 10.1. The van der Waals surface area contributed by atoms with Gasteiger partial charge in [0.25, 0.3) is 5.91 Å². The molecule has 1 saturated carbocycles. The highest BCUT2D eigenvalue weighted by molar-refractivity contribution is 5.94. The van der Waals surface area contributed by atoms with Gasteiger partial charge in [-0.2, -0.15) is 13.2 Å². The second-order valence-electron chi connectivity index (χ2n) is 5.45. The maximum atomic E-state index is 13.2. The summed E-state index contributed by atoms with van der Waals surface area (Å²) in [6, 6.07) is 2.27. The summed E-state index contributed by atoms with van der Waals surface area (Å²) in [7, 11) is 0. The summed E-state index contributed by atoms with van der Waals surface area (Å²) in [5.41, 5.74) is -1.58. The minimum atomic E-state index is -4.81. The summed E-state index contributed by atoms with van der Waals surface area (Å²) >= 11 is 0. The summed E-state index contributed by atoms with van der Waals surface area (Å²) in [6.45, 7) is 1.92. The molecule has 0 heterocycles. The molecule has 6 heteroatoms. The molecule has 1 aliphatic rings. The van der Waals surface area contributed by atoms with E-state index in [0.717, 1.165) is 31.7 Å². The zero-order valence-corrected chi connectivity index (χ0v) is 11.6. The molecule has 1 fully saturated rings. The molecule has 1 aromatic carbocycles. The standard InChI is InChI=1S/C15H17F4NO/c1-2-11(7-9-3-4-9)20-14(21)10-5-6-13(16)12(8-10)15(17,18)19/h5-6,8-9,11H,2-4,7H2,1H3,(H,20,21). The number of carbonyl (C=O) groups is 1. The molecule has 0 aromatic heterocycles. The van der Waals surface area contributed by atoms with Crippen molar-refractivity contribution in [2.75, 3.05) is 0 Å². The molecule has 21 heavy (non-hydrogen) atoms. The molecule has 2 nitrogen and oxygen atoms in total. The van der Waals surface area contributed by atoms with Crippen LogP contribution >= 0.6 is 0 Å². The minimum absolute atomic E-state index is 0.0515. The van der Waals surface area contributed by atoms with E-state index in [2.05, 4.69) is 5.32 Å². The Kier molecular flexibility index (Phi) is 4.54. The van der Waals surface area contributed by atoms with E-state index in [4.69, 9.17) is 0 Å². The maximum absolute atomic E-state index is 13.2. The Balaban J connectivity index is 2.11. The predicted octanol–water partition coefficient (Wildman–Crippen LogP) is 4.15. The molecule has 0 spiro atoms. The molecule has 0 bridgehead atoms. The van der Waals surface area contributed by atoms with Crippen molar-refractivity contribution in [1.29, 1.82) is 0 Å². The Morgan fingerprint density at radius 1 is 1.38 bits per heavy atom. The van der Waals surface area contributed by atoms with Gasteiger partial charge in [-0.1, -0.05) is 19.8 Å². The SMILES string of the molecule is CCC(CC1CC1)NC(=O)c1ccc(F)c(C(F)(F)F)c1. The largest absolute Gasteiger partial charge is 0.419 e. The van der Waals surface area contributed by atoms with Gasteiger partial charge in [0.2, 0.25) is 0 Å². The van der Waals surface area contributed by atoms with Crippen LogP contribution in [0, 0.1) is 11.7 Å². The van der Waals surface area contributed by atoms with Gasteiger partial charge in [-0.15, -0.1) is 0 Å². The van der Waals surface area contributed by atoms with E-state index in [0.29, 0.717) is 18.1 Å². The Morgan fingerprint density at radius 3 is 2.57 bits per heavy atom. The summed E-state index contributed by atoms with van der Waals surface area (Å²) in [6.07, 6.45) is -0.966. The van der Waals surface area contributed by atoms with Gasteiger partial charge in [-0.25, -0.2) is 4.39 Å². The van der Waals surface area contributed by atoms with Crippen LogP contribution in [0.1, 0.15) is 48.5 Å². The molecule has 2 rings (SSSR count). The summed E-state index contributed by atoms with van der Waals surface area (Å²) in [5, 5.41) is 2.72. The Hall–Kier alpha value is -1.59. The monoisotopic (exact) mass is 303 g/mol. The van der Waals surface area contributed by atoms with Crippen molar-refractivity contribution in [3.63, 3.8) is 0 Å². The van der Waals surface area contributed by atoms with Crippen molar-refractivity contribution in [2.45, 2.75) is 44.8 Å². The van der Waals surface area contributed by atoms with Crippen LogP contribution in [0.3, 0.4) is 0 Å². The quantitative estimate of drug-likeness (QED) is 0.813. The highest BCUT2D eigenvalue weighted by Crippen LogP contribution is 2.34. The van der Waals surface area contributed by atoms with E-state index in [1.54, 1.807) is 0 Å². The van der Waals surface area contributed by atoms with E-state index < -0.39 is 23.5 Å². The number of carbonyl (C=O) groups excluding carboxylic acids is 1. The van der Waals surface area contributed by atoms with Gasteiger partial charge < -0.3 is 5.32 Å². The van der Waals surface area contributed by atoms with Gasteiger partial charge in [0.15, 0.2) is 0 Å². The van der Waals surface area contributed by atoms with Crippen molar-refractivity contribution in [2.24, 2.45) is 5.92 Å². The fraction of sp³-hybridized carbons (Fsp3) is 0.533. The van der Waals surface area contributed by atoms with Gasteiger partial charge in [0, 0.05) is 11.6 Å². The minimum Gasteiger partial charge on any atom is -0.349 e. The number of nitrogens with one attached hydrogen (secondary N) is 1. The molecular weight excluding hydrogens is 286 g/mol. The fourth-order valence-corrected chi connectivity index (χ4v) is 2.24. The number of halogens is 4. The predicted molar refractivity (Wildman–Crippen MR) is 70.3 cm³/mol. The first-order valence-electron chi connectivity index (χ1n) is 6.99. The molecule has 116 valence electrons. The van der Waals surface area contributed by atoms with E-state index in [1.165, 1.54) is 0 Å². The molecule has 1 aromatic rings. The number of hydrogen-bond donors (Lipinski definition) is 1. The van der Waals surface area contributed by atoms with Crippen LogP contribution in [0.2, 0.25) is 0 Å². The Morgan fingerprint density at radius 2 is 2.05 bits per heavy atom. The zero-order valence-electron chi connectivity index (χ0n) is 11.6. The molecule has 0 saturated heterocycles. The fourth-order valence-electron chi connectivity index (χ4n) is 2.24. The smallest absolute Gasteiger partial charge is 0.349 e. The van der Waals surface area contributed by atoms with Gasteiger partial charge in [0.1, 0.15) is 5.82 Å². The number of hydrogen-bond acceptors (Lipinski definition) is 1. The van der Waals surface area contributed by atoms with Crippen molar-refractivity contribution in [3.8, 4) is 0 Å². The molecule has 1 amide bonds. The van der Waals surface area contributed by atoms with E-state index in [9.17, 15) is 22.4 Å². The van der Waals surface area contributed by atoms with Crippen LogP contribution in [0.4, 0.5) is 17.6 Å². The first-order chi connectivity index (χ1) is 9.81. The summed E-state index contributed by atoms with van der Waals surface area (Å²) in [5.74, 6) is -1.36. The maximum Gasteiger partial charge on any atom is 0.419 e. The number of rotatable bonds is 5. The highest BCUT2D eigenvalue weighted by Gasteiger charge is 2.35. The van der Waals surface area contributed by atoms with E-state index in [-0.39, 0.29) is 11.6 Å². The third-order valence-corrected chi connectivity index (χ3v) is 3.68. The van der Waals surface area contributed by atoms with Gasteiger partial charge in [-0.05, 0) is 37.0 Å². The second kappa shape index (κ2) is 6.03. The van der Waals surface area contributed by atoms with E-state index >= 15 is 0 Å². The number of benzene rings is 1. The average molecular weight is 303 g/mol. The molecule has 1 N–H and O–H groups in total. The van der Waals surface area contributed by atoms with Crippen LogP contribution in [0.25, 0.3) is 0 Å². The summed E-state index contributed by atoms with van der Waals surface area (Å²) < 4.78 is 51.1. The number of alkyl halides is 3. The lowest BCUT2D eigenvalue weighted by molar-refractivity contribution is -0.140. The third kappa shape index (κ3) is 4.19. The molecule has 1 aliphatic carbocycles. The van der Waals surface area contributed by atoms with Crippen molar-refractivity contribution < 1.29 is 22.4 Å². The van der Waals surface area contributed by atoms with Crippen LogP contribution in [0.15, 0.2) is 18.2 Å². The Bertz CT molecular complexity index is 523. The van der Waals surface area contributed by atoms with Crippen LogP contribution < -0.4 is 5.32 Å². The van der Waals surface area contributed by atoms with Crippen molar-refractivity contribution >= 4 is 5.91 Å². The zero-order chi connectivity index (χ0) is 15.6. The van der Waals surface area contributed by atoms with Crippen LogP contribution in [-0.2, 0) is 6.18 Å². The van der Waals surface area contributed by atoms with Crippen LogP contribution in [-0.4, -0.2) is 11.9 Å². The highest BCUT2D eigenvalue weighted by atomic mass is 19.4. The number of amides is 1. The lowest BCUT2D eigenvalue weighted by Gasteiger charge is -2.17. The van der Waals surface area contributed by atoms with Crippen molar-refractivity contribution in [3.05, 3.63) is 35.1 Å². The first kappa shape index (κ1) is 15.8. The van der Waals surface area contributed by atoms with Crippen molar-refractivity contribution in [1.82, 2.24) is 5.32 Å². The molecule has 0 aliphatic heterocycles. The molecular formula is C15H17F4NO. The average Bonchev–Trinajstić information content (AvgIpc) is 3.20. The Labute approximate surface area is 120 Å². The lowest BCUT2D eigenvalue weighted by Crippen LogP contribution is -2.35. The van der Waals surface area contributed by atoms with E-state index in [1.807, 2.05) is 6.92 Å². The first-order valence-corrected chi connectivity index (χ1v) is 6.99. The topological polar surface area (TPSA) is 29.1 Å². The summed E-state index contributed by atoms with van der Waals surface area (Å²) in [4.78, 5) is 12.0. The molecule has 1 unspecified atom stereocenters. The normalized spacial score (nSPS) is 16.6. The van der Waals surface area contributed by atoms with Gasteiger partial charge in [-0.3, -0.25) is 4.79 Å².